The molecule has 1 unspecified atom stereocenters. The maximum Gasteiger partial charge on any atom is 0.389 e. The summed E-state index contributed by atoms with van der Waals surface area (Å²) >= 11 is 0. The van der Waals surface area contributed by atoms with Gasteiger partial charge in [-0.1, -0.05) is 18.2 Å². The SMILES string of the molecule is NNC(CCC(F)(F)F)c1ccc2cccnc2c1. The van der Waals surface area contributed by atoms with Crippen molar-refractivity contribution >= 4 is 10.9 Å². The minimum atomic E-state index is -4.18. The Bertz CT molecular complexity index is 554. The van der Waals surface area contributed by atoms with Gasteiger partial charge >= 0.3 is 6.18 Å². The van der Waals surface area contributed by atoms with Crippen molar-refractivity contribution in [2.75, 3.05) is 0 Å². The van der Waals surface area contributed by atoms with Crippen molar-refractivity contribution in [1.82, 2.24) is 10.4 Å². The Hall–Kier alpha value is -1.66. The van der Waals surface area contributed by atoms with Crippen molar-refractivity contribution in [1.29, 1.82) is 0 Å². The van der Waals surface area contributed by atoms with Gasteiger partial charge in [0.05, 0.1) is 5.52 Å². The molecule has 2 rings (SSSR count). The minimum Gasteiger partial charge on any atom is -0.271 e. The number of nitrogens with zero attached hydrogens (tertiary/aromatic N) is 1. The van der Waals surface area contributed by atoms with Gasteiger partial charge in [0.2, 0.25) is 0 Å². The van der Waals surface area contributed by atoms with Crippen molar-refractivity contribution < 1.29 is 13.2 Å². The van der Waals surface area contributed by atoms with Crippen LogP contribution in [0, 0.1) is 0 Å². The summed E-state index contributed by atoms with van der Waals surface area (Å²) in [5.74, 6) is 5.34. The highest BCUT2D eigenvalue weighted by Gasteiger charge is 2.28. The lowest BCUT2D eigenvalue weighted by Gasteiger charge is -2.17. The van der Waals surface area contributed by atoms with Gasteiger partial charge in [0.25, 0.3) is 0 Å². The quantitative estimate of drug-likeness (QED) is 0.662. The van der Waals surface area contributed by atoms with Crippen LogP contribution in [0.4, 0.5) is 13.2 Å². The van der Waals surface area contributed by atoms with Crippen molar-refractivity contribution in [2.45, 2.75) is 25.1 Å². The van der Waals surface area contributed by atoms with Crippen LogP contribution in [0.5, 0.6) is 0 Å². The first-order chi connectivity index (χ1) is 8.99. The van der Waals surface area contributed by atoms with Crippen molar-refractivity contribution in [2.24, 2.45) is 5.84 Å². The Morgan fingerprint density at radius 2 is 2.05 bits per heavy atom. The Morgan fingerprint density at radius 1 is 1.26 bits per heavy atom. The maximum atomic E-state index is 12.2. The number of pyridine rings is 1. The molecule has 3 nitrogen and oxygen atoms in total. The van der Waals surface area contributed by atoms with E-state index in [0.717, 1.165) is 10.9 Å². The molecule has 0 saturated heterocycles. The van der Waals surface area contributed by atoms with Gasteiger partial charge in [-0.2, -0.15) is 13.2 Å². The van der Waals surface area contributed by atoms with E-state index in [1.54, 1.807) is 18.3 Å². The minimum absolute atomic E-state index is 0.0989. The monoisotopic (exact) mass is 269 g/mol. The van der Waals surface area contributed by atoms with Gasteiger partial charge in [0.1, 0.15) is 0 Å². The Morgan fingerprint density at radius 3 is 2.74 bits per heavy atom. The number of halogens is 3. The summed E-state index contributed by atoms with van der Waals surface area (Å²) in [6.07, 6.45) is -3.50. The third kappa shape index (κ3) is 3.65. The molecule has 102 valence electrons. The van der Waals surface area contributed by atoms with Crippen LogP contribution in [0.15, 0.2) is 36.5 Å². The van der Waals surface area contributed by atoms with E-state index in [0.29, 0.717) is 5.56 Å². The van der Waals surface area contributed by atoms with E-state index in [1.807, 2.05) is 18.2 Å². The molecular formula is C13H14F3N3. The number of rotatable bonds is 4. The van der Waals surface area contributed by atoms with E-state index in [1.165, 1.54) is 0 Å². The van der Waals surface area contributed by atoms with E-state index in [9.17, 15) is 13.2 Å². The van der Waals surface area contributed by atoms with Gasteiger partial charge in [0, 0.05) is 24.0 Å². The second-order valence-electron chi connectivity index (χ2n) is 4.33. The largest absolute Gasteiger partial charge is 0.389 e. The van der Waals surface area contributed by atoms with Crippen LogP contribution < -0.4 is 11.3 Å². The molecule has 6 heteroatoms. The highest BCUT2D eigenvalue weighted by Crippen LogP contribution is 2.28. The fourth-order valence-corrected chi connectivity index (χ4v) is 1.95. The van der Waals surface area contributed by atoms with Gasteiger partial charge in [-0.25, -0.2) is 0 Å². The molecule has 2 aromatic rings. The zero-order valence-corrected chi connectivity index (χ0v) is 10.1. The highest BCUT2D eigenvalue weighted by molar-refractivity contribution is 5.78. The zero-order valence-electron chi connectivity index (χ0n) is 10.1. The van der Waals surface area contributed by atoms with E-state index >= 15 is 0 Å². The molecule has 3 N–H and O–H groups in total. The lowest BCUT2D eigenvalue weighted by atomic mass is 10.0. The Labute approximate surface area is 108 Å². The molecule has 1 atom stereocenters. The third-order valence-electron chi connectivity index (χ3n) is 2.95. The molecule has 1 heterocycles. The fraction of sp³-hybridized carbons (Fsp3) is 0.308. The Balaban J connectivity index is 2.20. The molecule has 0 bridgehead atoms. The summed E-state index contributed by atoms with van der Waals surface area (Å²) in [6.45, 7) is 0. The van der Waals surface area contributed by atoms with Crippen molar-refractivity contribution in [3.8, 4) is 0 Å². The number of aromatic nitrogens is 1. The van der Waals surface area contributed by atoms with E-state index in [4.69, 9.17) is 5.84 Å². The lowest BCUT2D eigenvalue weighted by molar-refractivity contribution is -0.136. The number of nitrogens with two attached hydrogens (primary N) is 1. The third-order valence-corrected chi connectivity index (χ3v) is 2.95. The molecule has 19 heavy (non-hydrogen) atoms. The average Bonchev–Trinajstić information content (AvgIpc) is 2.38. The van der Waals surface area contributed by atoms with Gasteiger partial charge < -0.3 is 0 Å². The van der Waals surface area contributed by atoms with E-state index in [2.05, 4.69) is 10.4 Å². The van der Waals surface area contributed by atoms with E-state index in [-0.39, 0.29) is 6.42 Å². The van der Waals surface area contributed by atoms with Crippen LogP contribution in [0.2, 0.25) is 0 Å². The summed E-state index contributed by atoms with van der Waals surface area (Å²) in [6, 6.07) is 8.53. The highest BCUT2D eigenvalue weighted by atomic mass is 19.4. The lowest BCUT2D eigenvalue weighted by Crippen LogP contribution is -2.29. The normalized spacial score (nSPS) is 13.7. The standard InChI is InChI=1S/C13H14F3N3/c14-13(15,16)6-5-11(19-17)10-4-3-9-2-1-7-18-12(9)8-10/h1-4,7-8,11,19H,5-6,17H2. The summed E-state index contributed by atoms with van der Waals surface area (Å²) in [7, 11) is 0. The smallest absolute Gasteiger partial charge is 0.271 e. The summed E-state index contributed by atoms with van der Waals surface area (Å²) in [5.41, 5.74) is 3.88. The molecule has 1 aromatic carbocycles. The van der Waals surface area contributed by atoms with Crippen LogP contribution in [0.3, 0.4) is 0 Å². The number of benzene rings is 1. The van der Waals surface area contributed by atoms with Gasteiger partial charge in [-0.15, -0.1) is 0 Å². The molecule has 0 spiro atoms. The number of fused-ring (bicyclic) bond motifs is 1. The average molecular weight is 269 g/mol. The number of hydrazine groups is 1. The van der Waals surface area contributed by atoms with Gasteiger partial charge in [0.15, 0.2) is 0 Å². The Kier molecular flexibility index (Phi) is 4.01. The molecule has 0 aliphatic heterocycles. The molecule has 1 aromatic heterocycles. The molecule has 0 saturated carbocycles. The number of nitrogens with one attached hydrogen (secondary N) is 1. The van der Waals surface area contributed by atoms with Crippen LogP contribution in [-0.2, 0) is 0 Å². The zero-order chi connectivity index (χ0) is 13.9. The second-order valence-corrected chi connectivity index (χ2v) is 4.33. The van der Waals surface area contributed by atoms with Gasteiger partial charge in [-0.3, -0.25) is 16.3 Å². The molecular weight excluding hydrogens is 255 g/mol. The first-order valence-electron chi connectivity index (χ1n) is 5.87. The summed E-state index contributed by atoms with van der Waals surface area (Å²) in [4.78, 5) is 4.18. The fourth-order valence-electron chi connectivity index (χ4n) is 1.95. The topological polar surface area (TPSA) is 50.9 Å². The number of alkyl halides is 3. The number of hydrogen-bond donors (Lipinski definition) is 2. The predicted octanol–water partition coefficient (Wildman–Crippen LogP) is 3.08. The van der Waals surface area contributed by atoms with Crippen molar-refractivity contribution in [3.05, 3.63) is 42.1 Å². The molecule has 0 fully saturated rings. The maximum absolute atomic E-state index is 12.2. The molecule has 0 aliphatic carbocycles. The van der Waals surface area contributed by atoms with Crippen molar-refractivity contribution in [3.63, 3.8) is 0 Å². The first kappa shape index (κ1) is 13.8. The van der Waals surface area contributed by atoms with Crippen LogP contribution in [0.1, 0.15) is 24.4 Å². The van der Waals surface area contributed by atoms with Crippen LogP contribution in [0.25, 0.3) is 10.9 Å². The van der Waals surface area contributed by atoms with Crippen LogP contribution >= 0.6 is 0 Å². The molecule has 0 amide bonds. The molecule has 0 radical (unpaired) electrons. The molecule has 0 aliphatic rings. The van der Waals surface area contributed by atoms with Crippen LogP contribution in [-0.4, -0.2) is 11.2 Å². The second kappa shape index (κ2) is 5.54. The first-order valence-corrected chi connectivity index (χ1v) is 5.87. The number of hydrogen-bond acceptors (Lipinski definition) is 3. The summed E-state index contributed by atoms with van der Waals surface area (Å²) in [5, 5.41) is 0.942. The predicted molar refractivity (Wildman–Crippen MR) is 67.1 cm³/mol. The van der Waals surface area contributed by atoms with E-state index < -0.39 is 18.6 Å². The van der Waals surface area contributed by atoms with Gasteiger partial charge in [-0.05, 0) is 24.1 Å². The summed E-state index contributed by atoms with van der Waals surface area (Å²) < 4.78 is 36.7.